The lowest BCUT2D eigenvalue weighted by Crippen LogP contribution is -2.43. The van der Waals surface area contributed by atoms with E-state index in [1.165, 1.54) is 0 Å². The lowest BCUT2D eigenvalue weighted by atomic mass is 9.94. The first kappa shape index (κ1) is 14.8. The van der Waals surface area contributed by atoms with Crippen LogP contribution < -0.4 is 5.48 Å². The Morgan fingerprint density at radius 3 is 2.94 bits per heavy atom. The minimum absolute atomic E-state index is 0.0456. The summed E-state index contributed by atoms with van der Waals surface area (Å²) >= 11 is 4.23. The summed E-state index contributed by atoms with van der Waals surface area (Å²) in [6.07, 6.45) is 3.49. The van der Waals surface area contributed by atoms with Crippen LogP contribution in [-0.4, -0.2) is 35.4 Å². The van der Waals surface area contributed by atoms with Crippen LogP contribution in [0.3, 0.4) is 0 Å². The van der Waals surface area contributed by atoms with Gasteiger partial charge in [0, 0.05) is 11.7 Å². The maximum absolute atomic E-state index is 10.2. The highest BCUT2D eigenvalue weighted by molar-refractivity contribution is 7.80. The number of aliphatic hydroxyl groups excluding tert-OH is 1. The third kappa shape index (κ3) is 4.48. The number of amidine groups is 1. The highest BCUT2D eigenvalue weighted by Gasteiger charge is 2.26. The molecule has 1 aliphatic heterocycles. The van der Waals surface area contributed by atoms with Crippen LogP contribution in [0.4, 0.5) is 0 Å². The molecule has 0 saturated heterocycles. The van der Waals surface area contributed by atoms with Crippen LogP contribution in [0.1, 0.15) is 39.5 Å². The Labute approximate surface area is 109 Å². The summed E-state index contributed by atoms with van der Waals surface area (Å²) in [5, 5.41) is 10.2. The quantitative estimate of drug-likeness (QED) is 0.612. The van der Waals surface area contributed by atoms with Gasteiger partial charge in [0.2, 0.25) is 0 Å². The monoisotopic (exact) mass is 260 g/mol. The molecule has 0 aromatic rings. The van der Waals surface area contributed by atoms with Crippen molar-refractivity contribution in [3.05, 3.63) is 0 Å². The lowest BCUT2D eigenvalue weighted by Gasteiger charge is -2.28. The molecule has 3 unspecified atom stereocenters. The largest absolute Gasteiger partial charge is 0.392 e. The number of thiol groups is 1. The number of hydrogen-bond acceptors (Lipinski definition) is 5. The van der Waals surface area contributed by atoms with E-state index in [0.717, 1.165) is 31.5 Å². The Balaban J connectivity index is 2.62. The van der Waals surface area contributed by atoms with E-state index in [0.29, 0.717) is 12.4 Å². The third-order valence-electron chi connectivity index (χ3n) is 3.09. The molecule has 0 spiro atoms. The van der Waals surface area contributed by atoms with Gasteiger partial charge in [-0.05, 0) is 12.8 Å². The van der Waals surface area contributed by atoms with Crippen molar-refractivity contribution in [1.29, 1.82) is 0 Å². The van der Waals surface area contributed by atoms with Gasteiger partial charge >= 0.3 is 0 Å². The highest BCUT2D eigenvalue weighted by atomic mass is 32.1. The maximum atomic E-state index is 10.2. The molecule has 1 rings (SSSR count). The second-order valence-electron chi connectivity index (χ2n) is 4.49. The Hall–Kier alpha value is -0.260. The molecule has 1 aliphatic rings. The van der Waals surface area contributed by atoms with E-state index >= 15 is 0 Å². The molecule has 0 saturated carbocycles. The first-order valence-corrected chi connectivity index (χ1v) is 7.10. The molecule has 0 bridgehead atoms. The molecule has 2 N–H and O–H groups in total. The van der Waals surface area contributed by atoms with E-state index in [1.54, 1.807) is 0 Å². The maximum Gasteiger partial charge on any atom is 0.126 e. The van der Waals surface area contributed by atoms with Crippen LogP contribution in [0, 0.1) is 5.92 Å². The average Bonchev–Trinajstić information content (AvgIpc) is 2.37. The summed E-state index contributed by atoms with van der Waals surface area (Å²) in [6, 6.07) is 0.0991. The minimum atomic E-state index is -0.339. The van der Waals surface area contributed by atoms with Crippen molar-refractivity contribution >= 4 is 18.5 Å². The number of hydrogen-bond donors (Lipinski definition) is 3. The molecule has 5 heteroatoms. The van der Waals surface area contributed by atoms with Gasteiger partial charge in [-0.3, -0.25) is 15.3 Å². The van der Waals surface area contributed by atoms with Crippen molar-refractivity contribution in [3.63, 3.8) is 0 Å². The van der Waals surface area contributed by atoms with Crippen LogP contribution in [-0.2, 0) is 4.84 Å². The Morgan fingerprint density at radius 2 is 2.35 bits per heavy atom. The van der Waals surface area contributed by atoms with E-state index in [9.17, 15) is 5.11 Å². The summed E-state index contributed by atoms with van der Waals surface area (Å²) in [5.41, 5.74) is 2.85. The van der Waals surface area contributed by atoms with Crippen molar-refractivity contribution in [2.75, 3.05) is 12.4 Å². The fourth-order valence-electron chi connectivity index (χ4n) is 2.00. The van der Waals surface area contributed by atoms with Crippen molar-refractivity contribution < 1.29 is 9.94 Å². The fourth-order valence-corrected chi connectivity index (χ4v) is 2.19. The van der Waals surface area contributed by atoms with Gasteiger partial charge in [-0.2, -0.15) is 12.6 Å². The van der Waals surface area contributed by atoms with Crippen LogP contribution >= 0.6 is 12.6 Å². The van der Waals surface area contributed by atoms with E-state index in [1.807, 2.05) is 0 Å². The van der Waals surface area contributed by atoms with Crippen molar-refractivity contribution in [3.8, 4) is 0 Å². The number of aliphatic imine (C=N–C) groups is 1. The molecule has 0 amide bonds. The van der Waals surface area contributed by atoms with Crippen LogP contribution in [0.5, 0.6) is 0 Å². The molecule has 0 fully saturated rings. The van der Waals surface area contributed by atoms with Gasteiger partial charge in [0.25, 0.3) is 0 Å². The Morgan fingerprint density at radius 1 is 1.59 bits per heavy atom. The van der Waals surface area contributed by atoms with Crippen LogP contribution in [0.2, 0.25) is 0 Å². The summed E-state index contributed by atoms with van der Waals surface area (Å²) in [5.74, 6) is 1.50. The second-order valence-corrected chi connectivity index (χ2v) is 4.85. The van der Waals surface area contributed by atoms with Gasteiger partial charge in [-0.25, -0.2) is 0 Å². The fraction of sp³-hybridized carbons (Fsp3) is 0.917. The zero-order valence-electron chi connectivity index (χ0n) is 10.7. The molecule has 1 heterocycles. The minimum Gasteiger partial charge on any atom is -0.392 e. The molecule has 0 aromatic carbocycles. The summed E-state index contributed by atoms with van der Waals surface area (Å²) in [6.45, 7) is 4.74. The molecule has 3 atom stereocenters. The summed E-state index contributed by atoms with van der Waals surface area (Å²) < 4.78 is 0. The average molecular weight is 260 g/mol. The van der Waals surface area contributed by atoms with E-state index in [4.69, 9.17) is 4.84 Å². The highest BCUT2D eigenvalue weighted by Crippen LogP contribution is 2.18. The number of unbranched alkanes of at least 4 members (excludes halogenated alkanes) is 1. The molecule has 4 nitrogen and oxygen atoms in total. The van der Waals surface area contributed by atoms with Crippen LogP contribution in [0.15, 0.2) is 4.99 Å². The standard InChI is InChI=1S/C12H24N2O2S/c1-3-5-6-11(15)10(4-2)12-13-9(8-17)7-16-14-12/h9-11,15,17H,3-8H2,1-2H3,(H,13,14). The SMILES string of the molecule is CCCCC(O)C(CC)C1=NC(CS)CON1. The Bertz CT molecular complexity index is 249. The summed E-state index contributed by atoms with van der Waals surface area (Å²) in [7, 11) is 0. The van der Waals surface area contributed by atoms with E-state index in [2.05, 4.69) is 36.9 Å². The number of aliphatic hydroxyl groups is 1. The van der Waals surface area contributed by atoms with Gasteiger partial charge in [-0.1, -0.05) is 26.7 Å². The van der Waals surface area contributed by atoms with Gasteiger partial charge in [-0.15, -0.1) is 0 Å². The number of hydroxylamine groups is 1. The van der Waals surface area contributed by atoms with Gasteiger partial charge in [0.05, 0.1) is 18.8 Å². The lowest BCUT2D eigenvalue weighted by molar-refractivity contribution is 0.0508. The van der Waals surface area contributed by atoms with Crippen LogP contribution in [0.25, 0.3) is 0 Å². The molecule has 0 aliphatic carbocycles. The predicted octanol–water partition coefficient (Wildman–Crippen LogP) is 1.80. The number of nitrogens with zero attached hydrogens (tertiary/aromatic N) is 1. The summed E-state index contributed by atoms with van der Waals surface area (Å²) in [4.78, 5) is 9.83. The topological polar surface area (TPSA) is 53.9 Å². The van der Waals surface area contributed by atoms with Gasteiger partial charge in [0.1, 0.15) is 5.84 Å². The smallest absolute Gasteiger partial charge is 0.126 e. The first-order chi connectivity index (χ1) is 8.22. The zero-order chi connectivity index (χ0) is 12.7. The third-order valence-corrected chi connectivity index (χ3v) is 3.52. The van der Waals surface area contributed by atoms with Gasteiger partial charge < -0.3 is 5.11 Å². The van der Waals surface area contributed by atoms with E-state index < -0.39 is 0 Å². The molecular weight excluding hydrogens is 236 g/mol. The van der Waals surface area contributed by atoms with E-state index in [-0.39, 0.29) is 18.1 Å². The second kappa shape index (κ2) is 7.95. The molecular formula is C12H24N2O2S. The Kier molecular flexibility index (Phi) is 6.92. The molecule has 17 heavy (non-hydrogen) atoms. The molecule has 0 radical (unpaired) electrons. The predicted molar refractivity (Wildman–Crippen MR) is 73.5 cm³/mol. The zero-order valence-corrected chi connectivity index (χ0v) is 11.6. The normalized spacial score (nSPS) is 23.8. The van der Waals surface area contributed by atoms with Crippen molar-refractivity contribution in [1.82, 2.24) is 5.48 Å². The van der Waals surface area contributed by atoms with Gasteiger partial charge in [0.15, 0.2) is 0 Å². The van der Waals surface area contributed by atoms with Crippen molar-refractivity contribution in [2.45, 2.75) is 51.7 Å². The number of nitrogens with one attached hydrogen (secondary N) is 1. The number of rotatable bonds is 7. The van der Waals surface area contributed by atoms with Crippen molar-refractivity contribution in [2.24, 2.45) is 10.9 Å². The first-order valence-electron chi connectivity index (χ1n) is 6.47. The molecule has 100 valence electrons. The molecule has 0 aromatic heterocycles.